The molecule has 0 saturated carbocycles. The molecule has 0 bridgehead atoms. The van der Waals surface area contributed by atoms with Crippen LogP contribution in [-0.2, 0) is 9.84 Å². The number of hydrogen-bond acceptors (Lipinski definition) is 5. The highest BCUT2D eigenvalue weighted by atomic mass is 32.2. The minimum Gasteiger partial charge on any atom is -0.380 e. The van der Waals surface area contributed by atoms with Crippen molar-refractivity contribution < 1.29 is 21.6 Å². The molecule has 1 aromatic carbocycles. The topological polar surface area (TPSA) is 76.9 Å². The third-order valence-electron chi connectivity index (χ3n) is 3.44. The molecule has 2 unspecified atom stereocenters. The van der Waals surface area contributed by atoms with Crippen LogP contribution in [0.1, 0.15) is 19.9 Å². The lowest BCUT2D eigenvalue weighted by Crippen LogP contribution is -2.27. The van der Waals surface area contributed by atoms with Gasteiger partial charge in [0.25, 0.3) is 9.84 Å². The van der Waals surface area contributed by atoms with E-state index in [1.165, 1.54) is 18.5 Å². The molecular weight excluding hydrogens is 333 g/mol. The summed E-state index contributed by atoms with van der Waals surface area (Å²) in [6.45, 7) is 3.77. The lowest BCUT2D eigenvalue weighted by molar-refractivity contribution is -0.0436. The normalized spacial score (nSPS) is 15.2. The summed E-state index contributed by atoms with van der Waals surface area (Å²) in [6, 6.07) is 4.28. The number of halogens is 3. The zero-order valence-corrected chi connectivity index (χ0v) is 13.1. The van der Waals surface area contributed by atoms with Crippen LogP contribution in [0.2, 0.25) is 0 Å². The number of hydrogen-bond donors (Lipinski definition) is 1. The summed E-state index contributed by atoms with van der Waals surface area (Å²) in [5.74, 6) is 0. The highest BCUT2D eigenvalue weighted by molar-refractivity contribution is 7.92. The van der Waals surface area contributed by atoms with Gasteiger partial charge in [-0.05, 0) is 38.1 Å². The van der Waals surface area contributed by atoms with Crippen LogP contribution in [0, 0.1) is 0 Å². The van der Waals surface area contributed by atoms with Crippen LogP contribution < -0.4 is 5.32 Å². The Morgan fingerprint density at radius 3 is 2.26 bits per heavy atom. The van der Waals surface area contributed by atoms with Crippen molar-refractivity contribution in [3.8, 4) is 0 Å². The van der Waals surface area contributed by atoms with E-state index in [1.807, 2.05) is 13.8 Å². The van der Waals surface area contributed by atoms with Gasteiger partial charge in [0.05, 0.1) is 10.9 Å². The zero-order chi connectivity index (χ0) is 17.3. The zero-order valence-electron chi connectivity index (χ0n) is 12.3. The van der Waals surface area contributed by atoms with Crippen molar-refractivity contribution in [1.29, 1.82) is 0 Å². The largest absolute Gasteiger partial charge is 0.501 e. The molecule has 2 aromatic rings. The number of benzene rings is 1. The van der Waals surface area contributed by atoms with E-state index in [4.69, 9.17) is 0 Å². The molecule has 6 nitrogen and oxygen atoms in total. The van der Waals surface area contributed by atoms with Gasteiger partial charge in [0.1, 0.15) is 12.7 Å². The second-order valence-electron chi connectivity index (χ2n) is 5.02. The van der Waals surface area contributed by atoms with Crippen molar-refractivity contribution in [2.75, 3.05) is 5.32 Å². The van der Waals surface area contributed by atoms with E-state index in [1.54, 1.807) is 11.0 Å². The van der Waals surface area contributed by atoms with E-state index in [9.17, 15) is 21.6 Å². The number of nitrogens with zero attached hydrogens (tertiary/aromatic N) is 3. The molecule has 2 atom stereocenters. The Hall–Kier alpha value is -2.10. The Kier molecular flexibility index (Phi) is 4.64. The van der Waals surface area contributed by atoms with Crippen molar-refractivity contribution in [2.45, 2.75) is 36.3 Å². The van der Waals surface area contributed by atoms with Crippen molar-refractivity contribution >= 4 is 15.5 Å². The lowest BCUT2D eigenvalue weighted by atomic mass is 10.1. The summed E-state index contributed by atoms with van der Waals surface area (Å²) in [7, 11) is -5.32. The van der Waals surface area contributed by atoms with Crippen LogP contribution in [0.3, 0.4) is 0 Å². The number of alkyl halides is 3. The van der Waals surface area contributed by atoms with Crippen LogP contribution >= 0.6 is 0 Å². The molecule has 1 aromatic heterocycles. The smallest absolute Gasteiger partial charge is 0.380 e. The maximum atomic E-state index is 12.5. The quantitative estimate of drug-likeness (QED) is 0.899. The minimum absolute atomic E-state index is 0.0592. The molecular formula is C13H15F3N4O2S. The first-order valence-electron chi connectivity index (χ1n) is 6.65. The summed E-state index contributed by atoms with van der Waals surface area (Å²) < 4.78 is 61.6. The number of nitrogens with one attached hydrogen (secondary N) is 1. The highest BCUT2D eigenvalue weighted by Crippen LogP contribution is 2.30. The SMILES string of the molecule is CC(Nc1ccc(S(=O)(=O)C(F)(F)F)cc1)C(C)n1cncn1. The van der Waals surface area contributed by atoms with Gasteiger partial charge < -0.3 is 5.32 Å². The second-order valence-corrected chi connectivity index (χ2v) is 6.96. The van der Waals surface area contributed by atoms with Gasteiger partial charge in [0.2, 0.25) is 0 Å². The molecule has 0 aliphatic carbocycles. The fraction of sp³-hybridized carbons (Fsp3) is 0.385. The van der Waals surface area contributed by atoms with E-state index < -0.39 is 20.2 Å². The van der Waals surface area contributed by atoms with Crippen molar-refractivity contribution in [1.82, 2.24) is 14.8 Å². The molecule has 23 heavy (non-hydrogen) atoms. The van der Waals surface area contributed by atoms with Crippen LogP contribution in [0.4, 0.5) is 18.9 Å². The van der Waals surface area contributed by atoms with Crippen LogP contribution in [0.5, 0.6) is 0 Å². The van der Waals surface area contributed by atoms with Crippen molar-refractivity contribution in [3.05, 3.63) is 36.9 Å². The van der Waals surface area contributed by atoms with Crippen LogP contribution in [0.15, 0.2) is 41.8 Å². The standard InChI is InChI=1S/C13H15F3N4O2S/c1-9(10(2)20-8-17-7-18-20)19-11-3-5-12(6-4-11)23(21,22)13(14,15)16/h3-10,19H,1-2H3. The lowest BCUT2D eigenvalue weighted by Gasteiger charge is -2.22. The minimum atomic E-state index is -5.32. The molecule has 2 rings (SSSR count). The number of aromatic nitrogens is 3. The first-order valence-corrected chi connectivity index (χ1v) is 8.13. The molecule has 10 heteroatoms. The molecule has 1 N–H and O–H groups in total. The van der Waals surface area contributed by atoms with E-state index in [2.05, 4.69) is 15.4 Å². The fourth-order valence-corrected chi connectivity index (χ4v) is 2.67. The average molecular weight is 348 g/mol. The van der Waals surface area contributed by atoms with Gasteiger partial charge in [-0.15, -0.1) is 0 Å². The first-order chi connectivity index (χ1) is 10.6. The van der Waals surface area contributed by atoms with Gasteiger partial charge in [-0.3, -0.25) is 0 Å². The van der Waals surface area contributed by atoms with Gasteiger partial charge in [0, 0.05) is 11.7 Å². The Morgan fingerprint density at radius 1 is 1.17 bits per heavy atom. The van der Waals surface area contributed by atoms with Gasteiger partial charge in [0.15, 0.2) is 0 Å². The molecule has 0 radical (unpaired) electrons. The fourth-order valence-electron chi connectivity index (χ4n) is 1.90. The monoisotopic (exact) mass is 348 g/mol. The third-order valence-corrected chi connectivity index (χ3v) is 4.94. The summed E-state index contributed by atoms with van der Waals surface area (Å²) in [5.41, 5.74) is -4.80. The Morgan fingerprint density at radius 2 is 1.78 bits per heavy atom. The van der Waals surface area contributed by atoms with E-state index >= 15 is 0 Å². The predicted molar refractivity (Wildman–Crippen MR) is 77.5 cm³/mol. The second kappa shape index (κ2) is 6.19. The molecule has 1 heterocycles. The van der Waals surface area contributed by atoms with Gasteiger partial charge in [-0.25, -0.2) is 18.1 Å². The van der Waals surface area contributed by atoms with E-state index in [0.717, 1.165) is 12.1 Å². The summed E-state index contributed by atoms with van der Waals surface area (Å²) >= 11 is 0. The van der Waals surface area contributed by atoms with Gasteiger partial charge in [-0.1, -0.05) is 0 Å². The van der Waals surface area contributed by atoms with Crippen LogP contribution in [0.25, 0.3) is 0 Å². The Bertz CT molecular complexity index is 743. The molecule has 0 amide bonds. The van der Waals surface area contributed by atoms with Gasteiger partial charge >= 0.3 is 5.51 Å². The number of anilines is 1. The van der Waals surface area contributed by atoms with E-state index in [-0.39, 0.29) is 12.1 Å². The predicted octanol–water partition coefficient (Wildman–Crippen LogP) is 2.63. The van der Waals surface area contributed by atoms with Crippen molar-refractivity contribution in [3.63, 3.8) is 0 Å². The maximum absolute atomic E-state index is 12.5. The van der Waals surface area contributed by atoms with Crippen LogP contribution in [-0.4, -0.2) is 34.7 Å². The maximum Gasteiger partial charge on any atom is 0.501 e. The third kappa shape index (κ3) is 3.63. The summed E-state index contributed by atoms with van der Waals surface area (Å²) in [5, 5.41) is 7.10. The Labute approximate surface area is 131 Å². The van der Waals surface area contributed by atoms with Crippen molar-refractivity contribution in [2.24, 2.45) is 0 Å². The Balaban J connectivity index is 2.12. The first kappa shape index (κ1) is 17.3. The summed E-state index contributed by atoms with van der Waals surface area (Å²) in [6.07, 6.45) is 2.96. The molecule has 0 saturated heterocycles. The average Bonchev–Trinajstić information content (AvgIpc) is 3.00. The molecule has 0 fully saturated rings. The highest BCUT2D eigenvalue weighted by Gasteiger charge is 2.46. The molecule has 126 valence electrons. The van der Waals surface area contributed by atoms with Gasteiger partial charge in [-0.2, -0.15) is 18.3 Å². The summed E-state index contributed by atoms with van der Waals surface area (Å²) in [4.78, 5) is 3.06. The van der Waals surface area contributed by atoms with E-state index in [0.29, 0.717) is 5.69 Å². The number of rotatable bonds is 5. The molecule has 0 aliphatic rings. The molecule has 0 spiro atoms. The molecule has 0 aliphatic heterocycles. The number of sulfone groups is 1.